The summed E-state index contributed by atoms with van der Waals surface area (Å²) in [5, 5.41) is 6.00. The van der Waals surface area contributed by atoms with Crippen molar-refractivity contribution in [1.82, 2.24) is 10.3 Å². The molecule has 3 aromatic carbocycles. The van der Waals surface area contributed by atoms with Crippen LogP contribution in [-0.2, 0) is 0 Å². The quantitative estimate of drug-likeness (QED) is 0.401. The lowest BCUT2D eigenvalue weighted by atomic mass is 10.1. The number of fused-ring (bicyclic) bond motifs is 1. The number of hydrogen-bond acceptors (Lipinski definition) is 5. The first-order chi connectivity index (χ1) is 15.3. The van der Waals surface area contributed by atoms with Gasteiger partial charge in [0.05, 0.1) is 7.11 Å². The number of amides is 1. The summed E-state index contributed by atoms with van der Waals surface area (Å²) < 4.78 is 11.1. The predicted molar refractivity (Wildman–Crippen MR) is 130 cm³/mol. The zero-order chi connectivity index (χ0) is 22.8. The first-order valence-electron chi connectivity index (χ1n) is 10.1. The molecule has 0 radical (unpaired) electrons. The lowest BCUT2D eigenvalue weighted by Crippen LogP contribution is -2.34. The van der Waals surface area contributed by atoms with E-state index in [1.54, 1.807) is 31.4 Å². The van der Waals surface area contributed by atoms with Crippen LogP contribution in [0.5, 0.6) is 5.75 Å². The fourth-order valence-corrected chi connectivity index (χ4v) is 3.49. The molecule has 0 spiro atoms. The highest BCUT2D eigenvalue weighted by atomic mass is 32.1. The molecule has 4 rings (SSSR count). The second-order valence-electron chi connectivity index (χ2n) is 7.59. The van der Waals surface area contributed by atoms with Gasteiger partial charge >= 0.3 is 0 Å². The van der Waals surface area contributed by atoms with Crippen LogP contribution in [0.4, 0.5) is 5.69 Å². The fourth-order valence-electron chi connectivity index (χ4n) is 3.29. The van der Waals surface area contributed by atoms with Crippen molar-refractivity contribution in [3.63, 3.8) is 0 Å². The maximum atomic E-state index is 12.5. The van der Waals surface area contributed by atoms with E-state index in [2.05, 4.69) is 22.5 Å². The van der Waals surface area contributed by atoms with E-state index in [0.717, 1.165) is 33.5 Å². The van der Waals surface area contributed by atoms with Gasteiger partial charge in [0, 0.05) is 16.8 Å². The third-order valence-electron chi connectivity index (χ3n) is 5.30. The number of nitrogens with zero attached hydrogens (tertiary/aromatic N) is 1. The largest absolute Gasteiger partial charge is 0.497 e. The Morgan fingerprint density at radius 3 is 2.56 bits per heavy atom. The molecule has 1 heterocycles. The van der Waals surface area contributed by atoms with Crippen LogP contribution in [0.25, 0.3) is 22.6 Å². The second kappa shape index (κ2) is 8.80. The highest BCUT2D eigenvalue weighted by Gasteiger charge is 2.13. The van der Waals surface area contributed by atoms with Crippen LogP contribution in [0.2, 0.25) is 0 Å². The molecule has 0 aliphatic carbocycles. The second-order valence-corrected chi connectivity index (χ2v) is 8.00. The summed E-state index contributed by atoms with van der Waals surface area (Å²) >= 11 is 5.36. The number of methoxy groups -OCH3 is 1. The molecule has 4 aromatic rings. The molecule has 0 saturated heterocycles. The van der Waals surface area contributed by atoms with Crippen LogP contribution in [0.15, 0.2) is 59.0 Å². The van der Waals surface area contributed by atoms with E-state index < -0.39 is 0 Å². The first-order valence-corrected chi connectivity index (χ1v) is 10.5. The number of aromatic nitrogens is 1. The molecule has 7 heteroatoms. The van der Waals surface area contributed by atoms with Crippen LogP contribution in [0, 0.1) is 20.8 Å². The molecule has 0 saturated carbocycles. The number of benzene rings is 3. The Kier molecular flexibility index (Phi) is 5.92. The van der Waals surface area contributed by atoms with E-state index in [4.69, 9.17) is 21.4 Å². The minimum absolute atomic E-state index is 0.196. The Balaban J connectivity index is 1.54. The van der Waals surface area contributed by atoms with Crippen molar-refractivity contribution in [3.8, 4) is 17.2 Å². The van der Waals surface area contributed by atoms with E-state index in [1.807, 2.05) is 44.2 Å². The highest BCUT2D eigenvalue weighted by Crippen LogP contribution is 2.29. The van der Waals surface area contributed by atoms with Crippen LogP contribution in [-0.4, -0.2) is 23.1 Å². The topological polar surface area (TPSA) is 76.4 Å². The van der Waals surface area contributed by atoms with Gasteiger partial charge < -0.3 is 14.5 Å². The van der Waals surface area contributed by atoms with Crippen molar-refractivity contribution < 1.29 is 13.9 Å². The van der Waals surface area contributed by atoms with Gasteiger partial charge in [-0.2, -0.15) is 0 Å². The van der Waals surface area contributed by atoms with Crippen molar-refractivity contribution in [2.75, 3.05) is 12.4 Å². The number of carbonyl (C=O) groups excluding carboxylic acids is 1. The van der Waals surface area contributed by atoms with Gasteiger partial charge in [-0.1, -0.05) is 12.1 Å². The van der Waals surface area contributed by atoms with E-state index in [-0.39, 0.29) is 11.0 Å². The molecule has 0 unspecified atom stereocenters. The molecule has 1 aromatic heterocycles. The number of oxazole rings is 1. The maximum absolute atomic E-state index is 12.5. The zero-order valence-electron chi connectivity index (χ0n) is 18.3. The van der Waals surface area contributed by atoms with Crippen molar-refractivity contribution in [3.05, 3.63) is 76.9 Å². The Morgan fingerprint density at radius 1 is 1.00 bits per heavy atom. The number of rotatable bonds is 4. The Hall–Kier alpha value is -3.71. The molecule has 0 atom stereocenters. The summed E-state index contributed by atoms with van der Waals surface area (Å²) in [5.74, 6) is 0.808. The third-order valence-corrected chi connectivity index (χ3v) is 5.50. The van der Waals surface area contributed by atoms with Gasteiger partial charge in [0.15, 0.2) is 10.7 Å². The summed E-state index contributed by atoms with van der Waals surface area (Å²) in [6, 6.07) is 16.7. The van der Waals surface area contributed by atoms with E-state index in [0.29, 0.717) is 17.2 Å². The normalized spacial score (nSPS) is 10.8. The Labute approximate surface area is 191 Å². The molecule has 0 fully saturated rings. The molecule has 2 N–H and O–H groups in total. The van der Waals surface area contributed by atoms with Crippen LogP contribution >= 0.6 is 12.2 Å². The van der Waals surface area contributed by atoms with Crippen molar-refractivity contribution >= 4 is 40.0 Å². The van der Waals surface area contributed by atoms with Gasteiger partial charge in [-0.3, -0.25) is 10.1 Å². The molecule has 0 aliphatic rings. The predicted octanol–water partition coefficient (Wildman–Crippen LogP) is 5.56. The number of carbonyl (C=O) groups is 1. The fraction of sp³-hybridized carbons (Fsp3) is 0.160. The number of aryl methyl sites for hydroxylation is 3. The van der Waals surface area contributed by atoms with Crippen LogP contribution < -0.4 is 15.4 Å². The Bertz CT molecular complexity index is 1300. The minimum atomic E-state index is -0.320. The molecule has 32 heavy (non-hydrogen) atoms. The molecular weight excluding hydrogens is 422 g/mol. The smallest absolute Gasteiger partial charge is 0.257 e. The molecule has 162 valence electrons. The number of ether oxygens (including phenoxy) is 1. The first kappa shape index (κ1) is 21.5. The summed E-state index contributed by atoms with van der Waals surface area (Å²) in [5.41, 5.74) is 6.88. The average Bonchev–Trinajstić information content (AvgIpc) is 3.18. The standard InChI is InChI=1S/C25H23N3O3S/c1-14-8-9-18(24-26-21-10-15(2)16(3)11-22(21)31-24)13-20(14)27-25(32)28-23(29)17-6-5-7-19(12-17)30-4/h5-13H,1-4H3,(H2,27,28,29,32). The summed E-state index contributed by atoms with van der Waals surface area (Å²) in [6.45, 7) is 6.06. The monoisotopic (exact) mass is 445 g/mol. The zero-order valence-corrected chi connectivity index (χ0v) is 19.1. The summed E-state index contributed by atoms with van der Waals surface area (Å²) in [7, 11) is 1.55. The summed E-state index contributed by atoms with van der Waals surface area (Å²) in [4.78, 5) is 17.2. The van der Waals surface area contributed by atoms with Gasteiger partial charge in [0.25, 0.3) is 5.91 Å². The van der Waals surface area contributed by atoms with Gasteiger partial charge in [0.2, 0.25) is 5.89 Å². The van der Waals surface area contributed by atoms with Crippen molar-refractivity contribution in [1.29, 1.82) is 0 Å². The molecular formula is C25H23N3O3S. The van der Waals surface area contributed by atoms with Gasteiger partial charge in [-0.05, 0) is 92.1 Å². The van der Waals surface area contributed by atoms with E-state index in [9.17, 15) is 4.79 Å². The number of thiocarbonyl (C=S) groups is 1. The average molecular weight is 446 g/mol. The molecule has 1 amide bonds. The number of anilines is 1. The lowest BCUT2D eigenvalue weighted by molar-refractivity contribution is 0.0977. The van der Waals surface area contributed by atoms with E-state index in [1.165, 1.54) is 5.56 Å². The Morgan fingerprint density at radius 2 is 1.78 bits per heavy atom. The van der Waals surface area contributed by atoms with Crippen molar-refractivity contribution in [2.45, 2.75) is 20.8 Å². The number of nitrogens with one attached hydrogen (secondary N) is 2. The van der Waals surface area contributed by atoms with Gasteiger partial charge in [0.1, 0.15) is 11.3 Å². The van der Waals surface area contributed by atoms with Crippen LogP contribution in [0.1, 0.15) is 27.0 Å². The number of hydrogen-bond donors (Lipinski definition) is 2. The lowest BCUT2D eigenvalue weighted by Gasteiger charge is -2.13. The third kappa shape index (κ3) is 4.48. The SMILES string of the molecule is COc1cccc(C(=O)NC(=S)Nc2cc(-c3nc4cc(C)c(C)cc4o3)ccc2C)c1. The highest BCUT2D eigenvalue weighted by molar-refractivity contribution is 7.80. The minimum Gasteiger partial charge on any atom is -0.497 e. The van der Waals surface area contributed by atoms with Gasteiger partial charge in [-0.15, -0.1) is 0 Å². The summed E-state index contributed by atoms with van der Waals surface area (Å²) in [6.07, 6.45) is 0. The maximum Gasteiger partial charge on any atom is 0.257 e. The van der Waals surface area contributed by atoms with Gasteiger partial charge in [-0.25, -0.2) is 4.98 Å². The van der Waals surface area contributed by atoms with Crippen LogP contribution in [0.3, 0.4) is 0 Å². The van der Waals surface area contributed by atoms with E-state index >= 15 is 0 Å². The molecule has 6 nitrogen and oxygen atoms in total. The molecule has 0 bridgehead atoms. The molecule has 0 aliphatic heterocycles. The van der Waals surface area contributed by atoms with Crippen molar-refractivity contribution in [2.24, 2.45) is 0 Å².